The van der Waals surface area contributed by atoms with Gasteiger partial charge in [-0.1, -0.05) is 23.7 Å². The third kappa shape index (κ3) is 3.14. The summed E-state index contributed by atoms with van der Waals surface area (Å²) in [6, 6.07) is 9.53. The molecule has 1 aromatic heterocycles. The number of hydrogen-bond donors (Lipinski definition) is 0. The normalized spacial score (nSPS) is 9.12. The standard InChI is InChI=1S/C11H10ClNO.2ClH/c1-2-14-10-7-11(12)13-9-6-4-3-5-8(9)10;;/h3-7H,2H2,1H3;2*1H. The number of fused-ring (bicyclic) bond motifs is 1. The first-order valence-electron chi connectivity index (χ1n) is 4.49. The second-order valence-corrected chi connectivity index (χ2v) is 3.28. The van der Waals surface area contributed by atoms with Crippen LogP contribution in [0.2, 0.25) is 5.15 Å². The molecule has 0 fully saturated rings. The van der Waals surface area contributed by atoms with Crippen LogP contribution in [0.15, 0.2) is 30.3 Å². The number of nitrogens with zero attached hydrogens (tertiary/aromatic N) is 1. The Kier molecular flexibility index (Phi) is 6.49. The van der Waals surface area contributed by atoms with Crippen molar-refractivity contribution in [1.29, 1.82) is 0 Å². The number of rotatable bonds is 2. The largest absolute Gasteiger partial charge is 0.493 e. The van der Waals surface area contributed by atoms with Crippen molar-refractivity contribution in [2.75, 3.05) is 6.61 Å². The highest BCUT2D eigenvalue weighted by atomic mass is 35.5. The van der Waals surface area contributed by atoms with Crippen LogP contribution in [0.25, 0.3) is 10.9 Å². The zero-order chi connectivity index (χ0) is 9.97. The first kappa shape index (κ1) is 15.3. The fraction of sp³-hybridized carbons (Fsp3) is 0.182. The fourth-order valence-corrected chi connectivity index (χ4v) is 1.58. The zero-order valence-corrected chi connectivity index (χ0v) is 11.0. The number of ether oxygens (including phenoxy) is 1. The molecule has 2 nitrogen and oxygen atoms in total. The van der Waals surface area contributed by atoms with E-state index in [0.29, 0.717) is 11.8 Å². The number of halogens is 3. The Bertz CT molecular complexity index is 462. The molecule has 16 heavy (non-hydrogen) atoms. The highest BCUT2D eigenvalue weighted by molar-refractivity contribution is 6.30. The van der Waals surface area contributed by atoms with Gasteiger partial charge in [0.05, 0.1) is 12.1 Å². The van der Waals surface area contributed by atoms with Crippen molar-refractivity contribution in [1.82, 2.24) is 4.98 Å². The summed E-state index contributed by atoms with van der Waals surface area (Å²) >= 11 is 5.87. The van der Waals surface area contributed by atoms with Crippen LogP contribution in [0.5, 0.6) is 5.75 Å². The lowest BCUT2D eigenvalue weighted by molar-refractivity contribution is 0.344. The molecule has 2 rings (SSSR count). The highest BCUT2D eigenvalue weighted by Gasteiger charge is 2.03. The van der Waals surface area contributed by atoms with Crippen molar-refractivity contribution < 1.29 is 4.74 Å². The lowest BCUT2D eigenvalue weighted by atomic mass is 10.2. The summed E-state index contributed by atoms with van der Waals surface area (Å²) in [6.45, 7) is 2.58. The van der Waals surface area contributed by atoms with Crippen molar-refractivity contribution in [2.45, 2.75) is 6.92 Å². The van der Waals surface area contributed by atoms with Crippen molar-refractivity contribution in [3.63, 3.8) is 0 Å². The number of pyridine rings is 1. The maximum absolute atomic E-state index is 5.87. The van der Waals surface area contributed by atoms with Crippen molar-refractivity contribution in [3.8, 4) is 5.75 Å². The molecule has 1 heterocycles. The third-order valence-corrected chi connectivity index (χ3v) is 2.14. The predicted molar refractivity (Wildman–Crippen MR) is 72.4 cm³/mol. The van der Waals surface area contributed by atoms with E-state index in [1.807, 2.05) is 31.2 Å². The molecule has 2 aromatic rings. The molecule has 0 aliphatic rings. The van der Waals surface area contributed by atoms with E-state index in [9.17, 15) is 0 Å². The average molecular weight is 281 g/mol. The number of aromatic nitrogens is 1. The first-order valence-corrected chi connectivity index (χ1v) is 4.87. The van der Waals surface area contributed by atoms with Gasteiger partial charge in [0, 0.05) is 11.5 Å². The summed E-state index contributed by atoms with van der Waals surface area (Å²) in [5, 5.41) is 1.46. The summed E-state index contributed by atoms with van der Waals surface area (Å²) in [6.07, 6.45) is 0. The summed E-state index contributed by atoms with van der Waals surface area (Å²) < 4.78 is 5.48. The lowest BCUT2D eigenvalue weighted by Crippen LogP contribution is -1.93. The fourth-order valence-electron chi connectivity index (χ4n) is 1.39. The van der Waals surface area contributed by atoms with E-state index in [4.69, 9.17) is 16.3 Å². The van der Waals surface area contributed by atoms with Crippen LogP contribution in [0.1, 0.15) is 6.92 Å². The van der Waals surface area contributed by atoms with E-state index in [1.165, 1.54) is 0 Å². The van der Waals surface area contributed by atoms with Gasteiger partial charge < -0.3 is 4.74 Å². The monoisotopic (exact) mass is 279 g/mol. The molecule has 5 heteroatoms. The van der Waals surface area contributed by atoms with Gasteiger partial charge in [-0.05, 0) is 19.1 Å². The minimum absolute atomic E-state index is 0. The van der Waals surface area contributed by atoms with Crippen molar-refractivity contribution in [2.24, 2.45) is 0 Å². The molecular formula is C11H12Cl3NO. The van der Waals surface area contributed by atoms with Crippen LogP contribution < -0.4 is 4.74 Å². The van der Waals surface area contributed by atoms with Gasteiger partial charge in [0.2, 0.25) is 0 Å². The van der Waals surface area contributed by atoms with Crippen LogP contribution in [-0.2, 0) is 0 Å². The number of para-hydroxylation sites is 1. The zero-order valence-electron chi connectivity index (χ0n) is 8.64. The molecule has 0 radical (unpaired) electrons. The number of benzene rings is 1. The second-order valence-electron chi connectivity index (χ2n) is 2.89. The van der Waals surface area contributed by atoms with Gasteiger partial charge in [0.15, 0.2) is 0 Å². The molecule has 0 aliphatic carbocycles. The molecule has 88 valence electrons. The van der Waals surface area contributed by atoms with Crippen molar-refractivity contribution in [3.05, 3.63) is 35.5 Å². The number of hydrogen-bond acceptors (Lipinski definition) is 2. The molecule has 0 aliphatic heterocycles. The smallest absolute Gasteiger partial charge is 0.133 e. The lowest BCUT2D eigenvalue weighted by Gasteiger charge is -2.06. The second kappa shape index (κ2) is 6.79. The molecule has 0 bridgehead atoms. The molecular weight excluding hydrogens is 268 g/mol. The Balaban J connectivity index is 0.00000112. The van der Waals surface area contributed by atoms with E-state index in [0.717, 1.165) is 16.7 Å². The van der Waals surface area contributed by atoms with Crippen molar-refractivity contribution >= 4 is 47.3 Å². The van der Waals surface area contributed by atoms with Crippen LogP contribution in [-0.4, -0.2) is 11.6 Å². The molecule has 0 spiro atoms. The van der Waals surface area contributed by atoms with E-state index in [2.05, 4.69) is 4.98 Å². The molecule has 0 amide bonds. The average Bonchev–Trinajstić information content (AvgIpc) is 2.18. The van der Waals surface area contributed by atoms with Crippen LogP contribution in [0, 0.1) is 0 Å². The summed E-state index contributed by atoms with van der Waals surface area (Å²) in [5.41, 5.74) is 0.864. The third-order valence-electron chi connectivity index (χ3n) is 1.95. The van der Waals surface area contributed by atoms with Gasteiger partial charge in [0.1, 0.15) is 10.9 Å². The molecule has 0 N–H and O–H groups in total. The van der Waals surface area contributed by atoms with Crippen LogP contribution >= 0.6 is 36.4 Å². The van der Waals surface area contributed by atoms with Gasteiger partial charge in [0.25, 0.3) is 0 Å². The van der Waals surface area contributed by atoms with Gasteiger partial charge in [-0.25, -0.2) is 4.98 Å². The topological polar surface area (TPSA) is 22.1 Å². The van der Waals surface area contributed by atoms with E-state index in [1.54, 1.807) is 6.07 Å². The van der Waals surface area contributed by atoms with Gasteiger partial charge in [-0.3, -0.25) is 0 Å². The first-order chi connectivity index (χ1) is 6.81. The SMILES string of the molecule is CCOc1cc(Cl)nc2ccccc12.Cl.Cl. The van der Waals surface area contributed by atoms with Crippen LogP contribution in [0.4, 0.5) is 0 Å². The summed E-state index contributed by atoms with van der Waals surface area (Å²) in [5.74, 6) is 0.795. The maximum atomic E-state index is 5.87. The maximum Gasteiger partial charge on any atom is 0.133 e. The molecule has 0 saturated carbocycles. The Morgan fingerprint density at radius 1 is 1.25 bits per heavy atom. The minimum Gasteiger partial charge on any atom is -0.493 e. The summed E-state index contributed by atoms with van der Waals surface area (Å²) in [7, 11) is 0. The Morgan fingerprint density at radius 2 is 1.94 bits per heavy atom. The Hall–Kier alpha value is -0.700. The van der Waals surface area contributed by atoms with E-state index in [-0.39, 0.29) is 24.8 Å². The Labute approximate surface area is 112 Å². The molecule has 1 aromatic carbocycles. The minimum atomic E-state index is 0. The molecule has 0 saturated heterocycles. The van der Waals surface area contributed by atoms with Crippen LogP contribution in [0.3, 0.4) is 0 Å². The van der Waals surface area contributed by atoms with Gasteiger partial charge in [-0.2, -0.15) is 0 Å². The van der Waals surface area contributed by atoms with Gasteiger partial charge in [-0.15, -0.1) is 24.8 Å². The highest BCUT2D eigenvalue weighted by Crippen LogP contribution is 2.26. The quantitative estimate of drug-likeness (QED) is 0.772. The molecule has 0 atom stereocenters. The Morgan fingerprint density at radius 3 is 2.62 bits per heavy atom. The van der Waals surface area contributed by atoms with E-state index < -0.39 is 0 Å². The van der Waals surface area contributed by atoms with Gasteiger partial charge >= 0.3 is 0 Å². The van der Waals surface area contributed by atoms with E-state index >= 15 is 0 Å². The summed E-state index contributed by atoms with van der Waals surface area (Å²) in [4.78, 5) is 4.20. The molecule has 0 unspecified atom stereocenters. The predicted octanol–water partition coefficient (Wildman–Crippen LogP) is 4.13.